The normalized spacial score (nSPS) is 11.0. The number of carbonyl (C=O) groups excluding carboxylic acids is 2. The van der Waals surface area contributed by atoms with Crippen molar-refractivity contribution in [1.82, 2.24) is 4.72 Å². The molecule has 8 heteroatoms. The highest BCUT2D eigenvalue weighted by atomic mass is 32.2. The molecule has 2 N–H and O–H groups in total. The quantitative estimate of drug-likeness (QED) is 0.721. The van der Waals surface area contributed by atoms with Gasteiger partial charge in [-0.05, 0) is 55.8 Å². The minimum atomic E-state index is -3.87. The molecule has 0 aliphatic carbocycles. The van der Waals surface area contributed by atoms with Crippen LogP contribution in [-0.4, -0.2) is 33.4 Å². The predicted octanol–water partition coefficient (Wildman–Crippen LogP) is 2.09. The molecule has 0 spiro atoms. The summed E-state index contributed by atoms with van der Waals surface area (Å²) in [4.78, 5) is 23.4. The maximum absolute atomic E-state index is 12.2. The minimum Gasteiger partial charge on any atom is -0.462 e. The van der Waals surface area contributed by atoms with Crippen LogP contribution in [-0.2, 0) is 19.6 Å². The van der Waals surface area contributed by atoms with E-state index in [0.29, 0.717) is 5.69 Å². The van der Waals surface area contributed by atoms with Gasteiger partial charge in [-0.15, -0.1) is 0 Å². The van der Waals surface area contributed by atoms with Crippen LogP contribution in [0.2, 0.25) is 0 Å². The zero-order valence-electron chi connectivity index (χ0n) is 14.5. The first-order chi connectivity index (χ1) is 12.3. The summed E-state index contributed by atoms with van der Waals surface area (Å²) in [7, 11) is -3.87. The van der Waals surface area contributed by atoms with Gasteiger partial charge in [0.2, 0.25) is 15.9 Å². The number of hydrogen-bond donors (Lipinski definition) is 2. The average Bonchev–Trinajstić information content (AvgIpc) is 2.60. The van der Waals surface area contributed by atoms with Gasteiger partial charge in [0.15, 0.2) is 0 Å². The van der Waals surface area contributed by atoms with E-state index in [1.165, 1.54) is 24.3 Å². The number of nitrogens with one attached hydrogen (secondary N) is 2. The van der Waals surface area contributed by atoms with Crippen molar-refractivity contribution < 1.29 is 22.7 Å². The van der Waals surface area contributed by atoms with Gasteiger partial charge in [-0.1, -0.05) is 12.1 Å². The molecule has 1 amide bonds. The largest absolute Gasteiger partial charge is 0.462 e. The predicted molar refractivity (Wildman–Crippen MR) is 97.4 cm³/mol. The van der Waals surface area contributed by atoms with Crippen LogP contribution in [0.25, 0.3) is 0 Å². The minimum absolute atomic E-state index is 0.0473. The van der Waals surface area contributed by atoms with E-state index in [1.807, 2.05) is 13.0 Å². The number of hydrogen-bond acceptors (Lipinski definition) is 5. The van der Waals surface area contributed by atoms with Gasteiger partial charge in [-0.3, -0.25) is 4.79 Å². The smallest absolute Gasteiger partial charge is 0.338 e. The molecule has 0 bridgehead atoms. The van der Waals surface area contributed by atoms with Crippen LogP contribution in [0, 0.1) is 6.92 Å². The van der Waals surface area contributed by atoms with E-state index in [1.54, 1.807) is 25.1 Å². The molecule has 2 rings (SSSR count). The van der Waals surface area contributed by atoms with Gasteiger partial charge in [0.05, 0.1) is 23.6 Å². The Kier molecular flexibility index (Phi) is 6.48. The highest BCUT2D eigenvalue weighted by Crippen LogP contribution is 2.12. The summed E-state index contributed by atoms with van der Waals surface area (Å²) >= 11 is 0. The van der Waals surface area contributed by atoms with Crippen LogP contribution in [0.1, 0.15) is 22.8 Å². The Hall–Kier alpha value is -2.71. The lowest BCUT2D eigenvalue weighted by Crippen LogP contribution is -2.32. The van der Waals surface area contributed by atoms with E-state index < -0.39 is 28.4 Å². The number of rotatable bonds is 7. The second-order valence-electron chi connectivity index (χ2n) is 5.49. The van der Waals surface area contributed by atoms with Crippen LogP contribution in [0.3, 0.4) is 0 Å². The first-order valence-electron chi connectivity index (χ1n) is 7.95. The Labute approximate surface area is 152 Å². The van der Waals surface area contributed by atoms with E-state index in [2.05, 4.69) is 10.0 Å². The first kappa shape index (κ1) is 19.6. The van der Waals surface area contributed by atoms with E-state index in [4.69, 9.17) is 4.74 Å². The maximum atomic E-state index is 12.2. The summed E-state index contributed by atoms with van der Waals surface area (Å²) in [6.45, 7) is 3.40. The molecule has 0 saturated carbocycles. The lowest BCUT2D eigenvalue weighted by Gasteiger charge is -2.09. The Morgan fingerprint density at radius 1 is 1.08 bits per heavy atom. The van der Waals surface area contributed by atoms with Crippen LogP contribution in [0.5, 0.6) is 0 Å². The number of amides is 1. The Bertz CT molecular complexity index is 892. The molecule has 0 aromatic heterocycles. The third-order valence-corrected chi connectivity index (χ3v) is 4.82. The van der Waals surface area contributed by atoms with Crippen molar-refractivity contribution in [3.63, 3.8) is 0 Å². The number of ether oxygens (including phenoxy) is 1. The fraction of sp³-hybridized carbons (Fsp3) is 0.222. The number of anilines is 1. The number of esters is 1. The molecular weight excluding hydrogens is 356 g/mol. The third-order valence-electron chi connectivity index (χ3n) is 3.40. The molecule has 0 fully saturated rings. The van der Waals surface area contributed by atoms with Gasteiger partial charge in [0, 0.05) is 5.69 Å². The molecule has 0 saturated heterocycles. The maximum Gasteiger partial charge on any atom is 0.338 e. The number of aryl methyl sites for hydroxylation is 1. The second kappa shape index (κ2) is 8.59. The second-order valence-corrected chi connectivity index (χ2v) is 7.25. The lowest BCUT2D eigenvalue weighted by atomic mass is 10.2. The third kappa shape index (κ3) is 5.40. The van der Waals surface area contributed by atoms with Gasteiger partial charge in [0.1, 0.15) is 0 Å². The number of carbonyl (C=O) groups is 2. The zero-order chi connectivity index (χ0) is 19.2. The molecule has 0 atom stereocenters. The summed E-state index contributed by atoms with van der Waals surface area (Å²) < 4.78 is 31.6. The van der Waals surface area contributed by atoms with Crippen molar-refractivity contribution in [1.29, 1.82) is 0 Å². The molecule has 0 unspecified atom stereocenters. The topological polar surface area (TPSA) is 102 Å². The Morgan fingerprint density at radius 2 is 1.77 bits per heavy atom. The molecule has 138 valence electrons. The van der Waals surface area contributed by atoms with Gasteiger partial charge in [-0.2, -0.15) is 0 Å². The van der Waals surface area contributed by atoms with Gasteiger partial charge >= 0.3 is 5.97 Å². The fourth-order valence-corrected chi connectivity index (χ4v) is 3.14. The highest BCUT2D eigenvalue weighted by Gasteiger charge is 2.16. The molecule has 7 nitrogen and oxygen atoms in total. The average molecular weight is 376 g/mol. The van der Waals surface area contributed by atoms with Crippen LogP contribution >= 0.6 is 0 Å². The lowest BCUT2D eigenvalue weighted by molar-refractivity contribution is -0.115. The van der Waals surface area contributed by atoms with Crippen molar-refractivity contribution in [2.45, 2.75) is 18.7 Å². The van der Waals surface area contributed by atoms with Crippen molar-refractivity contribution in [2.24, 2.45) is 0 Å². The molecule has 0 aliphatic rings. The van der Waals surface area contributed by atoms with Crippen molar-refractivity contribution in [3.8, 4) is 0 Å². The summed E-state index contributed by atoms with van der Waals surface area (Å²) in [6, 6.07) is 12.5. The highest BCUT2D eigenvalue weighted by molar-refractivity contribution is 7.89. The SMILES string of the molecule is CCOC(=O)c1ccc(S(=O)(=O)NCC(=O)Nc2cccc(C)c2)cc1. The molecule has 0 aliphatic heterocycles. The molecule has 0 radical (unpaired) electrons. The van der Waals surface area contributed by atoms with E-state index in [9.17, 15) is 18.0 Å². The summed E-state index contributed by atoms with van der Waals surface area (Å²) in [5, 5.41) is 2.62. The summed E-state index contributed by atoms with van der Waals surface area (Å²) in [6.07, 6.45) is 0. The summed E-state index contributed by atoms with van der Waals surface area (Å²) in [5.74, 6) is -1.01. The monoisotopic (exact) mass is 376 g/mol. The van der Waals surface area contributed by atoms with E-state index in [-0.39, 0.29) is 17.1 Å². The summed E-state index contributed by atoms with van der Waals surface area (Å²) in [5.41, 5.74) is 1.82. The number of sulfonamides is 1. The van der Waals surface area contributed by atoms with Gasteiger partial charge in [-0.25, -0.2) is 17.9 Å². The van der Waals surface area contributed by atoms with Crippen molar-refractivity contribution in [2.75, 3.05) is 18.5 Å². The zero-order valence-corrected chi connectivity index (χ0v) is 15.3. The van der Waals surface area contributed by atoms with Crippen molar-refractivity contribution >= 4 is 27.6 Å². The fourth-order valence-electron chi connectivity index (χ4n) is 2.16. The molecule has 2 aromatic rings. The first-order valence-corrected chi connectivity index (χ1v) is 9.43. The Morgan fingerprint density at radius 3 is 2.38 bits per heavy atom. The molecule has 26 heavy (non-hydrogen) atoms. The molecular formula is C18H20N2O5S. The van der Waals surface area contributed by atoms with Crippen LogP contribution in [0.4, 0.5) is 5.69 Å². The molecule has 2 aromatic carbocycles. The van der Waals surface area contributed by atoms with Crippen LogP contribution in [0.15, 0.2) is 53.4 Å². The van der Waals surface area contributed by atoms with Gasteiger partial charge < -0.3 is 10.1 Å². The Balaban J connectivity index is 1.97. The van der Waals surface area contributed by atoms with Crippen molar-refractivity contribution in [3.05, 3.63) is 59.7 Å². The van der Waals surface area contributed by atoms with E-state index >= 15 is 0 Å². The number of benzene rings is 2. The van der Waals surface area contributed by atoms with Crippen LogP contribution < -0.4 is 10.0 Å². The van der Waals surface area contributed by atoms with Gasteiger partial charge in [0.25, 0.3) is 0 Å². The molecule has 0 heterocycles. The standard InChI is InChI=1S/C18H20N2O5S/c1-3-25-18(22)14-7-9-16(10-8-14)26(23,24)19-12-17(21)20-15-6-4-5-13(2)11-15/h4-11,19H,3,12H2,1-2H3,(H,20,21). The van der Waals surface area contributed by atoms with E-state index in [0.717, 1.165) is 5.56 Å².